The molecule has 0 aromatic heterocycles. The van der Waals surface area contributed by atoms with E-state index < -0.39 is 6.09 Å². The number of rotatable bonds is 4. The standard InChI is InChI=1S/C13H23N3O3/c1-19-13(18)15-11-5-7-16(9-11)12(17)3-2-10-4-6-14-8-10/h10-11,14H,2-9H2,1H3,(H,15,18). The van der Waals surface area contributed by atoms with Crippen LogP contribution in [-0.2, 0) is 9.53 Å². The molecule has 6 nitrogen and oxygen atoms in total. The number of nitrogens with one attached hydrogen (secondary N) is 2. The van der Waals surface area contributed by atoms with Crippen LogP contribution < -0.4 is 10.6 Å². The molecule has 2 heterocycles. The molecule has 108 valence electrons. The summed E-state index contributed by atoms with van der Waals surface area (Å²) >= 11 is 0. The second-order valence-electron chi connectivity index (χ2n) is 5.36. The highest BCUT2D eigenvalue weighted by Gasteiger charge is 2.27. The first-order chi connectivity index (χ1) is 9.19. The van der Waals surface area contributed by atoms with Crippen molar-refractivity contribution in [1.82, 2.24) is 15.5 Å². The lowest BCUT2D eigenvalue weighted by atomic mass is 10.0. The van der Waals surface area contributed by atoms with E-state index in [4.69, 9.17) is 0 Å². The predicted molar refractivity (Wildman–Crippen MR) is 70.7 cm³/mol. The molecule has 0 saturated carbocycles. The number of methoxy groups -OCH3 is 1. The highest BCUT2D eigenvalue weighted by Crippen LogP contribution is 2.17. The van der Waals surface area contributed by atoms with Crippen LogP contribution in [0.5, 0.6) is 0 Å². The first kappa shape index (κ1) is 14.1. The fourth-order valence-corrected chi connectivity index (χ4v) is 2.78. The molecular formula is C13H23N3O3. The number of likely N-dealkylation sites (tertiary alicyclic amines) is 1. The van der Waals surface area contributed by atoms with Crippen LogP contribution in [0.4, 0.5) is 4.79 Å². The highest BCUT2D eigenvalue weighted by molar-refractivity contribution is 5.76. The van der Waals surface area contributed by atoms with Crippen LogP contribution in [0.1, 0.15) is 25.7 Å². The Hall–Kier alpha value is -1.30. The third-order valence-corrected chi connectivity index (χ3v) is 3.98. The zero-order chi connectivity index (χ0) is 13.7. The molecule has 19 heavy (non-hydrogen) atoms. The monoisotopic (exact) mass is 269 g/mol. The molecule has 2 rings (SSSR count). The van der Waals surface area contributed by atoms with Crippen LogP contribution >= 0.6 is 0 Å². The van der Waals surface area contributed by atoms with Gasteiger partial charge in [-0.15, -0.1) is 0 Å². The number of carbonyl (C=O) groups excluding carboxylic acids is 2. The molecule has 6 heteroatoms. The predicted octanol–water partition coefficient (Wildman–Crippen LogP) is 0.333. The van der Waals surface area contributed by atoms with Crippen molar-refractivity contribution >= 4 is 12.0 Å². The molecule has 2 unspecified atom stereocenters. The molecule has 2 atom stereocenters. The third kappa shape index (κ3) is 4.09. The van der Waals surface area contributed by atoms with Gasteiger partial charge in [-0.2, -0.15) is 0 Å². The van der Waals surface area contributed by atoms with Crippen molar-refractivity contribution in [3.8, 4) is 0 Å². The highest BCUT2D eigenvalue weighted by atomic mass is 16.5. The van der Waals surface area contributed by atoms with E-state index in [9.17, 15) is 9.59 Å². The normalized spacial score (nSPS) is 26.5. The number of hydrogen-bond donors (Lipinski definition) is 2. The van der Waals surface area contributed by atoms with Gasteiger partial charge in [-0.1, -0.05) is 0 Å². The number of ether oxygens (including phenoxy) is 1. The molecule has 0 aromatic carbocycles. The maximum atomic E-state index is 12.1. The molecule has 0 spiro atoms. The lowest BCUT2D eigenvalue weighted by Crippen LogP contribution is -2.38. The lowest BCUT2D eigenvalue weighted by Gasteiger charge is -2.17. The van der Waals surface area contributed by atoms with Gasteiger partial charge >= 0.3 is 6.09 Å². The number of amides is 2. The Morgan fingerprint density at radius 3 is 2.95 bits per heavy atom. The molecule has 2 N–H and O–H groups in total. The van der Waals surface area contributed by atoms with Gasteiger partial charge in [0.2, 0.25) is 5.91 Å². The maximum absolute atomic E-state index is 12.1. The van der Waals surface area contributed by atoms with Crippen LogP contribution in [-0.4, -0.2) is 56.2 Å². The second-order valence-corrected chi connectivity index (χ2v) is 5.36. The van der Waals surface area contributed by atoms with Crippen molar-refractivity contribution in [2.75, 3.05) is 33.3 Å². The molecular weight excluding hydrogens is 246 g/mol. The van der Waals surface area contributed by atoms with Crippen molar-refractivity contribution < 1.29 is 14.3 Å². The van der Waals surface area contributed by atoms with Gasteiger partial charge in [-0.05, 0) is 38.3 Å². The van der Waals surface area contributed by atoms with Gasteiger partial charge in [0.15, 0.2) is 0 Å². The van der Waals surface area contributed by atoms with Crippen LogP contribution in [0.3, 0.4) is 0 Å². The van der Waals surface area contributed by atoms with Crippen LogP contribution in [0.15, 0.2) is 0 Å². The fourth-order valence-electron chi connectivity index (χ4n) is 2.78. The summed E-state index contributed by atoms with van der Waals surface area (Å²) in [5.41, 5.74) is 0. The van der Waals surface area contributed by atoms with E-state index >= 15 is 0 Å². The van der Waals surface area contributed by atoms with E-state index in [1.54, 1.807) is 0 Å². The van der Waals surface area contributed by atoms with Crippen LogP contribution in [0, 0.1) is 5.92 Å². The summed E-state index contributed by atoms with van der Waals surface area (Å²) in [5, 5.41) is 6.06. The molecule has 2 aliphatic rings. The van der Waals surface area contributed by atoms with Gasteiger partial charge in [0, 0.05) is 19.5 Å². The molecule has 0 bridgehead atoms. The fraction of sp³-hybridized carbons (Fsp3) is 0.846. The smallest absolute Gasteiger partial charge is 0.407 e. The van der Waals surface area contributed by atoms with E-state index in [1.165, 1.54) is 13.5 Å². The quantitative estimate of drug-likeness (QED) is 0.772. The SMILES string of the molecule is COC(=O)NC1CCN(C(=O)CCC2CCNC2)C1. The number of carbonyl (C=O) groups is 2. The summed E-state index contributed by atoms with van der Waals surface area (Å²) in [4.78, 5) is 25.0. The Labute approximate surface area is 113 Å². The molecule has 0 aliphatic carbocycles. The summed E-state index contributed by atoms with van der Waals surface area (Å²) in [6.07, 6.45) is 3.16. The Morgan fingerprint density at radius 1 is 1.42 bits per heavy atom. The van der Waals surface area contributed by atoms with Crippen molar-refractivity contribution in [2.24, 2.45) is 5.92 Å². The van der Waals surface area contributed by atoms with Crippen molar-refractivity contribution in [3.05, 3.63) is 0 Å². The van der Waals surface area contributed by atoms with E-state index in [2.05, 4.69) is 15.4 Å². The minimum Gasteiger partial charge on any atom is -0.453 e. The van der Waals surface area contributed by atoms with Gasteiger partial charge in [0.05, 0.1) is 13.2 Å². The van der Waals surface area contributed by atoms with Gasteiger partial charge in [-0.3, -0.25) is 4.79 Å². The molecule has 2 amide bonds. The number of nitrogens with zero attached hydrogens (tertiary/aromatic N) is 1. The zero-order valence-corrected chi connectivity index (χ0v) is 11.5. The second kappa shape index (κ2) is 6.75. The minimum atomic E-state index is -0.420. The Kier molecular flexibility index (Phi) is 5.01. The summed E-state index contributed by atoms with van der Waals surface area (Å²) in [6, 6.07) is 0.0320. The molecule has 0 radical (unpaired) electrons. The van der Waals surface area contributed by atoms with Gasteiger partial charge < -0.3 is 20.3 Å². The van der Waals surface area contributed by atoms with Gasteiger partial charge in [0.25, 0.3) is 0 Å². The molecule has 2 aliphatic heterocycles. The van der Waals surface area contributed by atoms with E-state index in [1.807, 2.05) is 4.90 Å². The van der Waals surface area contributed by atoms with Gasteiger partial charge in [-0.25, -0.2) is 4.79 Å². The minimum absolute atomic E-state index is 0.0320. The van der Waals surface area contributed by atoms with Crippen LogP contribution in [0.2, 0.25) is 0 Å². The summed E-state index contributed by atoms with van der Waals surface area (Å²) in [5.74, 6) is 0.858. The van der Waals surface area contributed by atoms with Gasteiger partial charge in [0.1, 0.15) is 0 Å². The average Bonchev–Trinajstić information content (AvgIpc) is 3.07. The van der Waals surface area contributed by atoms with Crippen molar-refractivity contribution in [2.45, 2.75) is 31.7 Å². The number of alkyl carbamates (subject to hydrolysis) is 1. The first-order valence-corrected chi connectivity index (χ1v) is 7.02. The summed E-state index contributed by atoms with van der Waals surface area (Å²) < 4.78 is 4.56. The largest absolute Gasteiger partial charge is 0.453 e. The van der Waals surface area contributed by atoms with Crippen molar-refractivity contribution in [3.63, 3.8) is 0 Å². The average molecular weight is 269 g/mol. The first-order valence-electron chi connectivity index (χ1n) is 7.02. The molecule has 2 saturated heterocycles. The Bertz CT molecular complexity index is 329. The number of hydrogen-bond acceptors (Lipinski definition) is 4. The Balaban J connectivity index is 1.67. The maximum Gasteiger partial charge on any atom is 0.407 e. The van der Waals surface area contributed by atoms with E-state index in [0.29, 0.717) is 18.9 Å². The zero-order valence-electron chi connectivity index (χ0n) is 11.5. The Morgan fingerprint density at radius 2 is 2.26 bits per heavy atom. The summed E-state index contributed by atoms with van der Waals surface area (Å²) in [6.45, 7) is 3.46. The molecule has 0 aromatic rings. The van der Waals surface area contributed by atoms with Crippen molar-refractivity contribution in [1.29, 1.82) is 0 Å². The third-order valence-electron chi connectivity index (χ3n) is 3.98. The van der Waals surface area contributed by atoms with Crippen LogP contribution in [0.25, 0.3) is 0 Å². The molecule has 2 fully saturated rings. The van der Waals surface area contributed by atoms with E-state index in [-0.39, 0.29) is 11.9 Å². The topological polar surface area (TPSA) is 70.7 Å². The lowest BCUT2D eigenvalue weighted by molar-refractivity contribution is -0.130. The van der Waals surface area contributed by atoms with E-state index in [0.717, 1.165) is 32.5 Å². The summed E-state index contributed by atoms with van der Waals surface area (Å²) in [7, 11) is 1.35.